The number of benzene rings is 4. The van der Waals surface area contributed by atoms with Gasteiger partial charge in [-0.2, -0.15) is 0 Å². The molecule has 2 heteroatoms. The molecule has 0 spiro atoms. The highest BCUT2D eigenvalue weighted by Gasteiger charge is 2.45. The van der Waals surface area contributed by atoms with Gasteiger partial charge in [0.05, 0.1) is 6.16 Å². The lowest BCUT2D eigenvalue weighted by Crippen LogP contribution is -2.32. The zero-order valence-electron chi connectivity index (χ0n) is 16.1. The van der Waals surface area contributed by atoms with Gasteiger partial charge in [0.1, 0.15) is 23.2 Å². The molecule has 1 aromatic heterocycles. The SMILES string of the molecule is c1ccc([P+](Cc2csc3ccccc23)(c2ccccc2)c2ccccc2)cc1. The van der Waals surface area contributed by atoms with Crippen LogP contribution in [0, 0.1) is 0 Å². The molecule has 0 aliphatic heterocycles. The van der Waals surface area contributed by atoms with E-state index in [0.29, 0.717) is 0 Å². The number of thiophene rings is 1. The maximum atomic E-state index is 2.37. The summed E-state index contributed by atoms with van der Waals surface area (Å²) in [6.07, 6.45) is 1.04. The van der Waals surface area contributed by atoms with Crippen LogP contribution in [0.25, 0.3) is 10.1 Å². The Hall–Kier alpha value is -2.73. The minimum atomic E-state index is -1.84. The van der Waals surface area contributed by atoms with Crippen LogP contribution in [-0.2, 0) is 6.16 Å². The van der Waals surface area contributed by atoms with Crippen LogP contribution in [0.4, 0.5) is 0 Å². The van der Waals surface area contributed by atoms with Crippen LogP contribution in [-0.4, -0.2) is 0 Å². The van der Waals surface area contributed by atoms with Crippen molar-refractivity contribution in [3.8, 4) is 0 Å². The highest BCUT2D eigenvalue weighted by atomic mass is 32.1. The summed E-state index contributed by atoms with van der Waals surface area (Å²) in [5.74, 6) is 0. The molecule has 0 amide bonds. The van der Waals surface area contributed by atoms with Crippen molar-refractivity contribution in [3.05, 3.63) is 126 Å². The van der Waals surface area contributed by atoms with Gasteiger partial charge in [-0.05, 0) is 53.2 Å². The molecule has 29 heavy (non-hydrogen) atoms. The first-order valence-corrected chi connectivity index (χ1v) is 12.7. The first-order chi connectivity index (χ1) is 14.4. The number of rotatable bonds is 5. The van der Waals surface area contributed by atoms with Crippen molar-refractivity contribution >= 4 is 44.6 Å². The van der Waals surface area contributed by atoms with Crippen molar-refractivity contribution in [2.45, 2.75) is 6.16 Å². The summed E-state index contributed by atoms with van der Waals surface area (Å²) in [6.45, 7) is 0. The predicted molar refractivity (Wildman–Crippen MR) is 131 cm³/mol. The molecule has 0 saturated carbocycles. The molecule has 0 bridgehead atoms. The highest BCUT2D eigenvalue weighted by molar-refractivity contribution is 7.95. The molecule has 0 atom stereocenters. The van der Waals surface area contributed by atoms with Gasteiger partial charge in [0.2, 0.25) is 0 Å². The standard InChI is InChI=1S/C27H22PS/c1-4-12-23(13-5-1)28(24-14-6-2-7-15-24,25-16-8-3-9-17-25)20-22-21-29-27-19-11-10-18-26(22)27/h1-19,21H,20H2/q+1. The zero-order chi connectivity index (χ0) is 19.5. The second-order valence-corrected chi connectivity index (χ2v) is 11.6. The van der Waals surface area contributed by atoms with E-state index in [4.69, 9.17) is 0 Å². The van der Waals surface area contributed by atoms with Crippen molar-refractivity contribution in [1.29, 1.82) is 0 Å². The summed E-state index contributed by atoms with van der Waals surface area (Å²) < 4.78 is 1.37. The molecule has 0 N–H and O–H groups in total. The van der Waals surface area contributed by atoms with Crippen LogP contribution in [0.3, 0.4) is 0 Å². The van der Waals surface area contributed by atoms with Gasteiger partial charge in [-0.3, -0.25) is 0 Å². The van der Waals surface area contributed by atoms with E-state index in [1.165, 1.54) is 31.6 Å². The molecule has 5 rings (SSSR count). The average Bonchev–Trinajstić information content (AvgIpc) is 3.22. The molecule has 5 aromatic rings. The normalized spacial score (nSPS) is 11.6. The summed E-state index contributed by atoms with van der Waals surface area (Å²) in [6, 6.07) is 42.2. The second kappa shape index (κ2) is 7.95. The molecule has 0 radical (unpaired) electrons. The van der Waals surface area contributed by atoms with E-state index in [2.05, 4.69) is 121 Å². The maximum Gasteiger partial charge on any atom is 0.116 e. The Balaban J connectivity index is 1.80. The Bertz CT molecular complexity index is 1110. The molecular formula is C27H22PS+. The Kier molecular flexibility index (Phi) is 5.02. The minimum absolute atomic E-state index is 1.04. The van der Waals surface area contributed by atoms with E-state index >= 15 is 0 Å². The second-order valence-electron chi connectivity index (χ2n) is 7.23. The summed E-state index contributed by atoms with van der Waals surface area (Å²) in [5, 5.41) is 8.08. The fourth-order valence-corrected chi connectivity index (χ4v) is 9.52. The third kappa shape index (κ3) is 3.31. The van der Waals surface area contributed by atoms with Gasteiger partial charge >= 0.3 is 0 Å². The van der Waals surface area contributed by atoms with Crippen LogP contribution in [0.2, 0.25) is 0 Å². The Labute approximate surface area is 176 Å². The van der Waals surface area contributed by atoms with Crippen molar-refractivity contribution in [2.24, 2.45) is 0 Å². The lowest BCUT2D eigenvalue weighted by Gasteiger charge is -2.27. The molecule has 0 nitrogen and oxygen atoms in total. The third-order valence-electron chi connectivity index (χ3n) is 5.56. The fourth-order valence-electron chi connectivity index (χ4n) is 4.18. The molecular weight excluding hydrogens is 387 g/mol. The van der Waals surface area contributed by atoms with Gasteiger partial charge in [-0.15, -0.1) is 11.3 Å². The zero-order valence-corrected chi connectivity index (χ0v) is 17.8. The quantitative estimate of drug-likeness (QED) is 0.295. The van der Waals surface area contributed by atoms with Gasteiger partial charge in [0, 0.05) is 10.3 Å². The Morgan fingerprint density at radius 3 is 1.48 bits per heavy atom. The predicted octanol–water partition coefficient (Wildman–Crippen LogP) is 6.40. The number of fused-ring (bicyclic) bond motifs is 1. The van der Waals surface area contributed by atoms with Gasteiger partial charge in [-0.25, -0.2) is 0 Å². The van der Waals surface area contributed by atoms with Gasteiger partial charge in [-0.1, -0.05) is 72.8 Å². The summed E-state index contributed by atoms with van der Waals surface area (Å²) >= 11 is 1.86. The average molecular weight is 410 g/mol. The van der Waals surface area contributed by atoms with E-state index < -0.39 is 7.26 Å². The molecule has 0 unspecified atom stereocenters. The minimum Gasteiger partial charge on any atom is -0.143 e. The van der Waals surface area contributed by atoms with Crippen molar-refractivity contribution in [2.75, 3.05) is 0 Å². The van der Waals surface area contributed by atoms with Gasteiger partial charge in [0.25, 0.3) is 0 Å². The number of hydrogen-bond donors (Lipinski definition) is 0. The van der Waals surface area contributed by atoms with E-state index in [1.54, 1.807) is 0 Å². The van der Waals surface area contributed by atoms with Gasteiger partial charge in [0.15, 0.2) is 0 Å². The van der Waals surface area contributed by atoms with Crippen LogP contribution < -0.4 is 15.9 Å². The molecule has 0 aliphatic carbocycles. The first kappa shape index (κ1) is 18.3. The summed E-state index contributed by atoms with van der Waals surface area (Å²) in [4.78, 5) is 0. The molecule has 4 aromatic carbocycles. The van der Waals surface area contributed by atoms with Gasteiger partial charge < -0.3 is 0 Å². The third-order valence-corrected chi connectivity index (χ3v) is 10.9. The molecule has 1 heterocycles. The van der Waals surface area contributed by atoms with Crippen molar-refractivity contribution in [3.63, 3.8) is 0 Å². The Morgan fingerprint density at radius 1 is 0.517 bits per heavy atom. The lowest BCUT2D eigenvalue weighted by molar-refractivity contribution is 1.47. The highest BCUT2D eigenvalue weighted by Crippen LogP contribution is 2.59. The van der Waals surface area contributed by atoms with Crippen LogP contribution in [0.15, 0.2) is 121 Å². The smallest absolute Gasteiger partial charge is 0.116 e. The Morgan fingerprint density at radius 2 is 0.966 bits per heavy atom. The van der Waals surface area contributed by atoms with Crippen LogP contribution in [0.1, 0.15) is 5.56 Å². The summed E-state index contributed by atoms with van der Waals surface area (Å²) in [7, 11) is -1.84. The number of hydrogen-bond acceptors (Lipinski definition) is 1. The van der Waals surface area contributed by atoms with Crippen LogP contribution >= 0.6 is 18.6 Å². The molecule has 0 saturated heterocycles. The topological polar surface area (TPSA) is 0 Å². The molecule has 0 aliphatic rings. The molecule has 0 fully saturated rings. The van der Waals surface area contributed by atoms with E-state index in [1.807, 2.05) is 11.3 Å². The fraction of sp³-hybridized carbons (Fsp3) is 0.0370. The first-order valence-electron chi connectivity index (χ1n) is 9.88. The monoisotopic (exact) mass is 409 g/mol. The van der Waals surface area contributed by atoms with E-state index in [0.717, 1.165) is 6.16 Å². The van der Waals surface area contributed by atoms with Crippen molar-refractivity contribution < 1.29 is 0 Å². The van der Waals surface area contributed by atoms with E-state index in [9.17, 15) is 0 Å². The maximum absolute atomic E-state index is 2.37. The van der Waals surface area contributed by atoms with Crippen molar-refractivity contribution in [1.82, 2.24) is 0 Å². The van der Waals surface area contributed by atoms with Crippen LogP contribution in [0.5, 0.6) is 0 Å². The lowest BCUT2D eigenvalue weighted by atomic mass is 10.2. The summed E-state index contributed by atoms with van der Waals surface area (Å²) in [5.41, 5.74) is 1.45. The molecule has 140 valence electrons. The largest absolute Gasteiger partial charge is 0.143 e. The van der Waals surface area contributed by atoms with E-state index in [-0.39, 0.29) is 0 Å².